The van der Waals surface area contributed by atoms with Gasteiger partial charge in [-0.15, -0.1) is 0 Å². The molecule has 2 aromatic rings. The van der Waals surface area contributed by atoms with Gasteiger partial charge in [0, 0.05) is 31.0 Å². The molecule has 23 heavy (non-hydrogen) atoms. The maximum Gasteiger partial charge on any atom is 0.182 e. The van der Waals surface area contributed by atoms with Crippen LogP contribution in [0, 0.1) is 16.5 Å². The van der Waals surface area contributed by atoms with E-state index in [9.17, 15) is 4.39 Å². The first-order valence-corrected chi connectivity index (χ1v) is 8.64. The number of nitrogens with one attached hydrogen (secondary N) is 1. The van der Waals surface area contributed by atoms with E-state index in [-0.39, 0.29) is 5.82 Å². The summed E-state index contributed by atoms with van der Waals surface area (Å²) >= 11 is 8.66. The monoisotopic (exact) mass is 400 g/mol. The lowest BCUT2D eigenvalue weighted by Gasteiger charge is -2.13. The Morgan fingerprint density at radius 2 is 2.17 bits per heavy atom. The van der Waals surface area contributed by atoms with E-state index in [4.69, 9.17) is 21.7 Å². The highest BCUT2D eigenvalue weighted by Gasteiger charge is 2.35. The van der Waals surface area contributed by atoms with E-state index >= 15 is 0 Å². The maximum atomic E-state index is 13.9. The Hall–Kier alpha value is -1.18. The second-order valence-corrected chi connectivity index (χ2v) is 7.02. The summed E-state index contributed by atoms with van der Waals surface area (Å²) in [5, 5.41) is 0. The van der Waals surface area contributed by atoms with Crippen LogP contribution in [-0.4, -0.2) is 29.9 Å². The molecule has 1 aliphatic rings. The fraction of sp³-hybridized carbons (Fsp3) is 0.438. The van der Waals surface area contributed by atoms with Crippen LogP contribution in [0.15, 0.2) is 22.8 Å². The molecule has 0 bridgehead atoms. The highest BCUT2D eigenvalue weighted by Crippen LogP contribution is 2.46. The van der Waals surface area contributed by atoms with Crippen LogP contribution in [-0.2, 0) is 4.74 Å². The number of hydrogen-bond acceptors (Lipinski definition) is 3. The minimum absolute atomic E-state index is 0.342. The Morgan fingerprint density at radius 1 is 1.43 bits per heavy atom. The highest BCUT2D eigenvalue weighted by molar-refractivity contribution is 9.10. The molecule has 1 N–H and O–H groups in total. The van der Waals surface area contributed by atoms with Gasteiger partial charge in [0.15, 0.2) is 4.77 Å². The third-order valence-electron chi connectivity index (χ3n) is 4.05. The van der Waals surface area contributed by atoms with Crippen LogP contribution in [0.1, 0.15) is 25.0 Å². The summed E-state index contributed by atoms with van der Waals surface area (Å²) in [6.07, 6.45) is 3.15. The summed E-state index contributed by atoms with van der Waals surface area (Å²) in [5.41, 5.74) is 1.82. The van der Waals surface area contributed by atoms with Crippen LogP contribution in [0.4, 0.5) is 4.39 Å². The van der Waals surface area contributed by atoms with Crippen LogP contribution in [0.5, 0.6) is 5.75 Å². The molecule has 0 amide bonds. The molecule has 2 atom stereocenters. The molecule has 0 spiro atoms. The van der Waals surface area contributed by atoms with Crippen LogP contribution < -0.4 is 4.74 Å². The molecule has 0 saturated heterocycles. The predicted octanol–water partition coefficient (Wildman–Crippen LogP) is 4.59. The number of H-pyrrole nitrogens is 1. The Labute approximate surface area is 147 Å². The van der Waals surface area contributed by atoms with Gasteiger partial charge >= 0.3 is 0 Å². The highest BCUT2D eigenvalue weighted by atomic mass is 79.9. The van der Waals surface area contributed by atoms with Gasteiger partial charge in [0.1, 0.15) is 18.2 Å². The number of rotatable bonds is 6. The van der Waals surface area contributed by atoms with Crippen LogP contribution in [0.2, 0.25) is 0 Å². The third-order valence-corrected chi connectivity index (χ3v) is 4.96. The zero-order valence-corrected chi connectivity index (χ0v) is 15.3. The summed E-state index contributed by atoms with van der Waals surface area (Å²) in [6.45, 7) is 2.99. The number of hydrogen-bond donors (Lipinski definition) is 1. The Morgan fingerprint density at radius 3 is 2.83 bits per heavy atom. The van der Waals surface area contributed by atoms with Crippen molar-refractivity contribution in [2.24, 2.45) is 5.92 Å². The molecule has 3 rings (SSSR count). The molecule has 1 saturated carbocycles. The molecule has 1 aliphatic carbocycles. The number of benzene rings is 1. The maximum absolute atomic E-state index is 13.9. The molecule has 4 nitrogen and oxygen atoms in total. The van der Waals surface area contributed by atoms with Crippen molar-refractivity contribution in [2.45, 2.75) is 19.3 Å². The minimum atomic E-state index is -0.376. The Balaban J connectivity index is 1.99. The van der Waals surface area contributed by atoms with Crippen molar-refractivity contribution in [3.8, 4) is 11.4 Å². The summed E-state index contributed by atoms with van der Waals surface area (Å²) in [5.74, 6) is 1.26. The van der Waals surface area contributed by atoms with E-state index < -0.39 is 0 Å². The normalized spacial score (nSPS) is 19.8. The number of aromatic amines is 1. The van der Waals surface area contributed by atoms with Gasteiger partial charge in [0.25, 0.3) is 0 Å². The van der Waals surface area contributed by atoms with E-state index in [1.165, 1.54) is 12.5 Å². The molecule has 124 valence electrons. The van der Waals surface area contributed by atoms with Gasteiger partial charge < -0.3 is 14.5 Å². The first kappa shape index (κ1) is 16.7. The first-order valence-electron chi connectivity index (χ1n) is 7.44. The van der Waals surface area contributed by atoms with Crippen LogP contribution >= 0.6 is 28.1 Å². The van der Waals surface area contributed by atoms with Crippen LogP contribution in [0.3, 0.4) is 0 Å². The summed E-state index contributed by atoms with van der Waals surface area (Å²) in [4.78, 5) is 3.25. The van der Waals surface area contributed by atoms with Crippen LogP contribution in [0.25, 0.3) is 5.69 Å². The van der Waals surface area contributed by atoms with E-state index in [0.717, 1.165) is 5.69 Å². The van der Waals surface area contributed by atoms with Gasteiger partial charge in [-0.05, 0) is 46.6 Å². The molecule has 7 heteroatoms. The smallest absolute Gasteiger partial charge is 0.182 e. The van der Waals surface area contributed by atoms with E-state index in [0.29, 0.717) is 45.7 Å². The zero-order chi connectivity index (χ0) is 16.6. The van der Waals surface area contributed by atoms with E-state index in [2.05, 4.69) is 27.8 Å². The third kappa shape index (κ3) is 3.51. The van der Waals surface area contributed by atoms with Crippen molar-refractivity contribution in [3.05, 3.63) is 39.1 Å². The van der Waals surface area contributed by atoms with Crippen molar-refractivity contribution in [1.82, 2.24) is 9.55 Å². The molecule has 0 radical (unpaired) electrons. The van der Waals surface area contributed by atoms with Crippen molar-refractivity contribution in [2.75, 3.05) is 20.3 Å². The lowest BCUT2D eigenvalue weighted by molar-refractivity contribution is 0.146. The average molecular weight is 401 g/mol. The zero-order valence-electron chi connectivity index (χ0n) is 12.9. The standard InChI is InChI=1S/C16H18BrFN2O2S/c1-9-5-10(9)13-8-20(16(23)19-13)14-6-11(17)12(18)7-15(14)22-4-3-21-2/h6-10H,3-5H2,1-2H3,(H,19,23)/t9-,10?/m0/s1. The molecular weight excluding hydrogens is 383 g/mol. The summed E-state index contributed by atoms with van der Waals surface area (Å²) < 4.78 is 27.3. The van der Waals surface area contributed by atoms with Gasteiger partial charge in [0.2, 0.25) is 0 Å². The lowest BCUT2D eigenvalue weighted by Crippen LogP contribution is -2.07. The van der Waals surface area contributed by atoms with Crippen molar-refractivity contribution in [1.29, 1.82) is 0 Å². The number of imidazole rings is 1. The number of nitrogens with zero attached hydrogens (tertiary/aromatic N) is 1. The first-order chi connectivity index (χ1) is 11.0. The number of halogens is 2. The average Bonchev–Trinajstić information content (AvgIpc) is 3.11. The molecule has 1 heterocycles. The molecule has 1 aromatic carbocycles. The number of aromatic nitrogens is 2. The quantitative estimate of drug-likeness (QED) is 0.569. The SMILES string of the molecule is COCCOc1cc(F)c(Br)cc1-n1cc(C2C[C@@H]2C)[nH]c1=S. The topological polar surface area (TPSA) is 39.2 Å². The van der Waals surface area contributed by atoms with Crippen molar-refractivity contribution in [3.63, 3.8) is 0 Å². The second kappa shape index (κ2) is 6.75. The van der Waals surface area contributed by atoms with E-state index in [1.54, 1.807) is 13.2 Å². The Bertz CT molecular complexity index is 774. The van der Waals surface area contributed by atoms with Crippen molar-refractivity contribution < 1.29 is 13.9 Å². The molecule has 1 aromatic heterocycles. The predicted molar refractivity (Wildman–Crippen MR) is 92.5 cm³/mol. The largest absolute Gasteiger partial charge is 0.489 e. The molecular formula is C16H18BrFN2O2S. The minimum Gasteiger partial charge on any atom is -0.489 e. The number of methoxy groups -OCH3 is 1. The molecule has 1 unspecified atom stereocenters. The fourth-order valence-corrected chi connectivity index (χ4v) is 3.19. The molecule has 1 fully saturated rings. The summed E-state index contributed by atoms with van der Waals surface area (Å²) in [7, 11) is 1.60. The molecule has 0 aliphatic heterocycles. The number of ether oxygens (including phenoxy) is 2. The lowest BCUT2D eigenvalue weighted by atomic mass is 10.2. The van der Waals surface area contributed by atoms with Gasteiger partial charge in [-0.25, -0.2) is 4.39 Å². The van der Waals surface area contributed by atoms with Crippen molar-refractivity contribution >= 4 is 28.1 Å². The Kier molecular flexibility index (Phi) is 4.89. The van der Waals surface area contributed by atoms with Gasteiger partial charge in [-0.1, -0.05) is 6.92 Å². The van der Waals surface area contributed by atoms with Gasteiger partial charge in [-0.2, -0.15) is 0 Å². The van der Waals surface area contributed by atoms with E-state index in [1.807, 2.05) is 10.8 Å². The van der Waals surface area contributed by atoms with Gasteiger partial charge in [0.05, 0.1) is 16.8 Å². The second-order valence-electron chi connectivity index (χ2n) is 5.78. The fourth-order valence-electron chi connectivity index (χ4n) is 2.59. The summed E-state index contributed by atoms with van der Waals surface area (Å²) in [6, 6.07) is 3.05. The van der Waals surface area contributed by atoms with Gasteiger partial charge in [-0.3, -0.25) is 4.57 Å².